The summed E-state index contributed by atoms with van der Waals surface area (Å²) in [7, 11) is -2.43. The van der Waals surface area contributed by atoms with Crippen molar-refractivity contribution in [2.45, 2.75) is 18.2 Å². The summed E-state index contributed by atoms with van der Waals surface area (Å²) < 4.78 is 31.1. The lowest BCUT2D eigenvalue weighted by molar-refractivity contribution is -0.122. The molecule has 2 aromatic carbocycles. The van der Waals surface area contributed by atoms with Crippen molar-refractivity contribution in [3.05, 3.63) is 48.5 Å². The van der Waals surface area contributed by atoms with Gasteiger partial charge in [0.05, 0.1) is 23.6 Å². The molecule has 30 heavy (non-hydrogen) atoms. The number of carbonyl (C=O) groups is 3. The van der Waals surface area contributed by atoms with E-state index < -0.39 is 21.8 Å². The van der Waals surface area contributed by atoms with E-state index in [9.17, 15) is 22.8 Å². The predicted molar refractivity (Wildman–Crippen MR) is 110 cm³/mol. The highest BCUT2D eigenvalue weighted by Gasteiger charge is 2.36. The monoisotopic (exact) mass is 431 g/mol. The largest absolute Gasteiger partial charge is 0.495 e. The Morgan fingerprint density at radius 1 is 1.10 bits per heavy atom. The summed E-state index contributed by atoms with van der Waals surface area (Å²) in [4.78, 5) is 37.5. The highest BCUT2D eigenvalue weighted by Crippen LogP contribution is 2.33. The highest BCUT2D eigenvalue weighted by molar-refractivity contribution is 7.90. The van der Waals surface area contributed by atoms with Crippen molar-refractivity contribution in [1.29, 1.82) is 0 Å². The van der Waals surface area contributed by atoms with Gasteiger partial charge in [0, 0.05) is 25.6 Å². The molecule has 1 saturated heterocycles. The summed E-state index contributed by atoms with van der Waals surface area (Å²) in [5.74, 6) is -1.25. The third-order valence-corrected chi connectivity index (χ3v) is 6.03. The van der Waals surface area contributed by atoms with E-state index >= 15 is 0 Å². The standard InChI is InChI=1S/C20H21N3O6S/c1-13(24)22-30(27,28)16-9-7-15(8-10-16)21-20(26)14-11-19(25)23(12-14)17-5-3-4-6-18(17)29-2/h3-10,14H,11-12H2,1-2H3,(H,21,26)(H,22,24)/t14-/m1/s1. The fourth-order valence-electron chi connectivity index (χ4n) is 3.18. The van der Waals surface area contributed by atoms with Gasteiger partial charge in [-0.2, -0.15) is 0 Å². The van der Waals surface area contributed by atoms with Crippen LogP contribution in [0.4, 0.5) is 11.4 Å². The minimum atomic E-state index is -3.95. The number of sulfonamides is 1. The molecule has 2 N–H and O–H groups in total. The summed E-state index contributed by atoms with van der Waals surface area (Å²) in [6.45, 7) is 1.31. The maximum Gasteiger partial charge on any atom is 0.264 e. The number of methoxy groups -OCH3 is 1. The number of hydrogen-bond acceptors (Lipinski definition) is 6. The van der Waals surface area contributed by atoms with Crippen LogP contribution >= 0.6 is 0 Å². The van der Waals surface area contributed by atoms with Crippen LogP contribution in [0.5, 0.6) is 5.75 Å². The van der Waals surface area contributed by atoms with Crippen LogP contribution in [-0.2, 0) is 24.4 Å². The van der Waals surface area contributed by atoms with Gasteiger partial charge < -0.3 is 15.0 Å². The predicted octanol–water partition coefficient (Wildman–Crippen LogP) is 1.51. The molecule has 0 radical (unpaired) electrons. The number of nitrogens with one attached hydrogen (secondary N) is 2. The zero-order chi connectivity index (χ0) is 21.9. The Bertz CT molecular complexity index is 1080. The van der Waals surface area contributed by atoms with Gasteiger partial charge in [-0.05, 0) is 36.4 Å². The first-order valence-electron chi connectivity index (χ1n) is 9.09. The van der Waals surface area contributed by atoms with E-state index in [4.69, 9.17) is 4.74 Å². The maximum absolute atomic E-state index is 12.6. The summed E-state index contributed by atoms with van der Waals surface area (Å²) in [6, 6.07) is 12.5. The van der Waals surface area contributed by atoms with Gasteiger partial charge in [0.15, 0.2) is 0 Å². The van der Waals surface area contributed by atoms with Crippen LogP contribution in [0.25, 0.3) is 0 Å². The van der Waals surface area contributed by atoms with Crippen LogP contribution in [-0.4, -0.2) is 39.8 Å². The number of nitrogens with zero attached hydrogens (tertiary/aromatic N) is 1. The van der Waals surface area contributed by atoms with Crippen LogP contribution in [0.2, 0.25) is 0 Å². The van der Waals surface area contributed by atoms with Gasteiger partial charge in [0.2, 0.25) is 17.7 Å². The number of rotatable bonds is 6. The number of para-hydroxylation sites is 2. The van der Waals surface area contributed by atoms with E-state index in [1.807, 2.05) is 4.72 Å². The van der Waals surface area contributed by atoms with E-state index in [0.29, 0.717) is 17.1 Å². The SMILES string of the molecule is COc1ccccc1N1C[C@H](C(=O)Nc2ccc(S(=O)(=O)NC(C)=O)cc2)CC1=O. The molecular weight excluding hydrogens is 410 g/mol. The number of hydrogen-bond donors (Lipinski definition) is 2. The minimum Gasteiger partial charge on any atom is -0.495 e. The van der Waals surface area contributed by atoms with Crippen LogP contribution in [0.15, 0.2) is 53.4 Å². The molecule has 1 fully saturated rings. The van der Waals surface area contributed by atoms with Crippen molar-refractivity contribution < 1.29 is 27.5 Å². The van der Waals surface area contributed by atoms with Crippen LogP contribution in [0.1, 0.15) is 13.3 Å². The van der Waals surface area contributed by atoms with Gasteiger partial charge in [-0.25, -0.2) is 13.1 Å². The Morgan fingerprint density at radius 3 is 2.40 bits per heavy atom. The highest BCUT2D eigenvalue weighted by atomic mass is 32.2. The number of anilines is 2. The van der Waals surface area contributed by atoms with Crippen molar-refractivity contribution >= 4 is 39.1 Å². The molecule has 158 valence electrons. The summed E-state index contributed by atoms with van der Waals surface area (Å²) in [5.41, 5.74) is 0.984. The van der Waals surface area contributed by atoms with E-state index in [1.165, 1.54) is 36.3 Å². The fraction of sp³-hybridized carbons (Fsp3) is 0.250. The van der Waals surface area contributed by atoms with Gasteiger partial charge in [0.1, 0.15) is 5.75 Å². The first-order valence-corrected chi connectivity index (χ1v) is 10.6. The van der Waals surface area contributed by atoms with Crippen molar-refractivity contribution in [2.24, 2.45) is 5.92 Å². The number of benzene rings is 2. The number of carbonyl (C=O) groups excluding carboxylic acids is 3. The zero-order valence-electron chi connectivity index (χ0n) is 16.4. The summed E-state index contributed by atoms with van der Waals surface area (Å²) >= 11 is 0. The molecule has 1 aliphatic rings. The van der Waals surface area contributed by atoms with Crippen LogP contribution in [0, 0.1) is 5.92 Å². The molecule has 1 heterocycles. The Balaban J connectivity index is 1.68. The van der Waals surface area contributed by atoms with E-state index in [1.54, 1.807) is 24.3 Å². The quantitative estimate of drug-likeness (QED) is 0.715. The summed E-state index contributed by atoms with van der Waals surface area (Å²) in [5, 5.41) is 2.69. The lowest BCUT2D eigenvalue weighted by atomic mass is 10.1. The van der Waals surface area contributed by atoms with Gasteiger partial charge >= 0.3 is 0 Å². The molecule has 0 saturated carbocycles. The maximum atomic E-state index is 12.6. The number of ether oxygens (including phenoxy) is 1. The third kappa shape index (κ3) is 4.60. The molecule has 0 aromatic heterocycles. The van der Waals surface area contributed by atoms with Gasteiger partial charge in [-0.15, -0.1) is 0 Å². The molecule has 2 aromatic rings. The first kappa shape index (κ1) is 21.3. The van der Waals surface area contributed by atoms with Crippen LogP contribution < -0.4 is 19.7 Å². The van der Waals surface area contributed by atoms with Gasteiger partial charge in [-0.1, -0.05) is 12.1 Å². The molecule has 1 aliphatic heterocycles. The molecule has 3 rings (SSSR count). The molecule has 1 atom stereocenters. The lowest BCUT2D eigenvalue weighted by Crippen LogP contribution is -2.29. The molecule has 0 aliphatic carbocycles. The Morgan fingerprint density at radius 2 is 1.77 bits per heavy atom. The average molecular weight is 431 g/mol. The zero-order valence-corrected chi connectivity index (χ0v) is 17.2. The van der Waals surface area contributed by atoms with Crippen molar-refractivity contribution in [1.82, 2.24) is 4.72 Å². The topological polar surface area (TPSA) is 122 Å². The lowest BCUT2D eigenvalue weighted by Gasteiger charge is -2.19. The van der Waals surface area contributed by atoms with Gasteiger partial charge in [0.25, 0.3) is 10.0 Å². The minimum absolute atomic E-state index is 0.0544. The average Bonchev–Trinajstić information content (AvgIpc) is 3.09. The first-order chi connectivity index (χ1) is 14.2. The molecule has 0 bridgehead atoms. The Kier molecular flexibility index (Phi) is 6.06. The van der Waals surface area contributed by atoms with E-state index in [-0.39, 0.29) is 29.7 Å². The van der Waals surface area contributed by atoms with E-state index in [0.717, 1.165) is 6.92 Å². The molecular formula is C20H21N3O6S. The Hall–Kier alpha value is -3.40. The molecule has 9 nitrogen and oxygen atoms in total. The second kappa shape index (κ2) is 8.54. The summed E-state index contributed by atoms with van der Waals surface area (Å²) in [6.07, 6.45) is 0.0544. The molecule has 3 amide bonds. The second-order valence-electron chi connectivity index (χ2n) is 6.75. The fourth-order valence-corrected chi connectivity index (χ4v) is 4.17. The number of amides is 3. The van der Waals surface area contributed by atoms with Crippen molar-refractivity contribution in [3.63, 3.8) is 0 Å². The second-order valence-corrected chi connectivity index (χ2v) is 8.43. The smallest absolute Gasteiger partial charge is 0.264 e. The van der Waals surface area contributed by atoms with Gasteiger partial charge in [-0.3, -0.25) is 14.4 Å². The van der Waals surface area contributed by atoms with Crippen LogP contribution in [0.3, 0.4) is 0 Å². The van der Waals surface area contributed by atoms with Crippen molar-refractivity contribution in [3.8, 4) is 5.75 Å². The molecule has 0 spiro atoms. The Labute approximate surface area is 174 Å². The van der Waals surface area contributed by atoms with E-state index in [2.05, 4.69) is 5.32 Å². The molecule has 0 unspecified atom stereocenters. The normalized spacial score (nSPS) is 16.3. The van der Waals surface area contributed by atoms with Crippen molar-refractivity contribution in [2.75, 3.05) is 23.9 Å². The molecule has 10 heteroatoms. The third-order valence-electron chi connectivity index (χ3n) is 4.58.